The lowest BCUT2D eigenvalue weighted by Gasteiger charge is -2.27. The van der Waals surface area contributed by atoms with Crippen LogP contribution in [0.5, 0.6) is 0 Å². The van der Waals surface area contributed by atoms with Crippen LogP contribution in [0, 0.1) is 5.82 Å². The van der Waals surface area contributed by atoms with Crippen molar-refractivity contribution < 1.29 is 14.3 Å². The summed E-state index contributed by atoms with van der Waals surface area (Å²) < 4.78 is 13.5. The highest BCUT2D eigenvalue weighted by molar-refractivity contribution is 5.66. The van der Waals surface area contributed by atoms with Gasteiger partial charge in [0.2, 0.25) is 0 Å². The van der Waals surface area contributed by atoms with Crippen molar-refractivity contribution in [1.29, 1.82) is 0 Å². The first kappa shape index (κ1) is 14.6. The lowest BCUT2D eigenvalue weighted by molar-refractivity contribution is -0.137. The third kappa shape index (κ3) is 4.45. The molecule has 1 rings (SSSR count). The third-order valence-electron chi connectivity index (χ3n) is 3.12. The molecule has 1 atom stereocenters. The second-order valence-corrected chi connectivity index (χ2v) is 4.42. The number of carboxylic acid groups (broad SMARTS) is 1. The molecule has 3 nitrogen and oxygen atoms in total. The van der Waals surface area contributed by atoms with E-state index >= 15 is 0 Å². The number of rotatable bonds is 7. The second-order valence-electron chi connectivity index (χ2n) is 4.42. The van der Waals surface area contributed by atoms with E-state index in [1.54, 1.807) is 12.1 Å². The molecule has 0 aliphatic rings. The number of hydrogen-bond donors (Lipinski definition) is 1. The van der Waals surface area contributed by atoms with Gasteiger partial charge in [0.25, 0.3) is 0 Å². The largest absolute Gasteiger partial charge is 0.481 e. The predicted octanol–water partition coefficient (Wildman–Crippen LogP) is 2.55. The molecule has 1 aromatic carbocycles. The van der Waals surface area contributed by atoms with Crippen LogP contribution in [-0.4, -0.2) is 35.1 Å². The zero-order chi connectivity index (χ0) is 13.5. The van der Waals surface area contributed by atoms with Gasteiger partial charge in [-0.3, -0.25) is 4.79 Å². The van der Waals surface area contributed by atoms with Crippen LogP contribution in [0.25, 0.3) is 0 Å². The van der Waals surface area contributed by atoms with Crippen LogP contribution in [0.4, 0.5) is 4.39 Å². The Labute approximate surface area is 107 Å². The molecule has 18 heavy (non-hydrogen) atoms. The van der Waals surface area contributed by atoms with E-state index in [1.165, 1.54) is 6.07 Å². The molecular weight excluding hydrogens is 233 g/mol. The highest BCUT2D eigenvalue weighted by Crippen LogP contribution is 2.12. The van der Waals surface area contributed by atoms with Crippen LogP contribution in [-0.2, 0) is 11.2 Å². The van der Waals surface area contributed by atoms with Gasteiger partial charge in [-0.25, -0.2) is 4.39 Å². The van der Waals surface area contributed by atoms with Gasteiger partial charge in [-0.2, -0.15) is 0 Å². The van der Waals surface area contributed by atoms with Crippen molar-refractivity contribution >= 4 is 5.97 Å². The van der Waals surface area contributed by atoms with Crippen LogP contribution in [0.2, 0.25) is 0 Å². The lowest BCUT2D eigenvalue weighted by atomic mass is 10.1. The van der Waals surface area contributed by atoms with Crippen molar-refractivity contribution in [3.8, 4) is 0 Å². The summed E-state index contributed by atoms with van der Waals surface area (Å²) in [6, 6.07) is 6.85. The molecule has 1 N–H and O–H groups in total. The first-order chi connectivity index (χ1) is 8.54. The first-order valence-electron chi connectivity index (χ1n) is 6.23. The second kappa shape index (κ2) is 7.11. The minimum absolute atomic E-state index is 0.120. The number of halogens is 1. The molecule has 0 aliphatic carbocycles. The summed E-state index contributed by atoms with van der Waals surface area (Å²) >= 11 is 0. The molecule has 1 unspecified atom stereocenters. The number of aliphatic carboxylic acids is 1. The fraction of sp³-hybridized carbons (Fsp3) is 0.500. The van der Waals surface area contributed by atoms with Gasteiger partial charge in [-0.1, -0.05) is 25.1 Å². The summed E-state index contributed by atoms with van der Waals surface area (Å²) in [6.45, 7) is 5.25. The number of benzene rings is 1. The fourth-order valence-corrected chi connectivity index (χ4v) is 2.04. The van der Waals surface area contributed by atoms with E-state index in [0.29, 0.717) is 18.5 Å². The van der Waals surface area contributed by atoms with Crippen LogP contribution in [0.3, 0.4) is 0 Å². The van der Waals surface area contributed by atoms with Gasteiger partial charge in [0.05, 0.1) is 6.42 Å². The third-order valence-corrected chi connectivity index (χ3v) is 3.12. The maximum atomic E-state index is 13.5. The number of carbonyl (C=O) groups is 1. The standard InChI is InChI=1S/C14H20FNO2/c1-3-16(9-8-14(17)18)11(2)10-12-6-4-5-7-13(12)15/h4-7,11H,3,8-10H2,1-2H3,(H,17,18). The van der Waals surface area contributed by atoms with E-state index in [2.05, 4.69) is 4.90 Å². The van der Waals surface area contributed by atoms with Crippen molar-refractivity contribution in [2.75, 3.05) is 13.1 Å². The molecule has 0 aromatic heterocycles. The molecule has 0 amide bonds. The monoisotopic (exact) mass is 253 g/mol. The average Bonchev–Trinajstić information content (AvgIpc) is 2.32. The van der Waals surface area contributed by atoms with E-state index < -0.39 is 5.97 Å². The van der Waals surface area contributed by atoms with Gasteiger partial charge in [0.15, 0.2) is 0 Å². The number of carboxylic acids is 1. The van der Waals surface area contributed by atoms with Gasteiger partial charge in [0.1, 0.15) is 5.82 Å². The van der Waals surface area contributed by atoms with Gasteiger partial charge in [-0.05, 0) is 31.5 Å². The number of nitrogens with zero attached hydrogens (tertiary/aromatic N) is 1. The summed E-state index contributed by atoms with van der Waals surface area (Å²) in [7, 11) is 0. The van der Waals surface area contributed by atoms with Gasteiger partial charge in [-0.15, -0.1) is 0 Å². The van der Waals surface area contributed by atoms with Crippen molar-refractivity contribution in [1.82, 2.24) is 4.90 Å². The summed E-state index contributed by atoms with van der Waals surface area (Å²) in [6.07, 6.45) is 0.718. The Hall–Kier alpha value is -1.42. The topological polar surface area (TPSA) is 40.5 Å². The maximum absolute atomic E-state index is 13.5. The van der Waals surface area contributed by atoms with Crippen molar-refractivity contribution in [2.45, 2.75) is 32.7 Å². The molecule has 0 fully saturated rings. The quantitative estimate of drug-likeness (QED) is 0.812. The van der Waals surface area contributed by atoms with Crippen LogP contribution in [0.1, 0.15) is 25.8 Å². The Morgan fingerprint density at radius 2 is 2.11 bits per heavy atom. The Morgan fingerprint density at radius 1 is 1.44 bits per heavy atom. The number of likely N-dealkylation sites (N-methyl/N-ethyl adjacent to an activating group) is 1. The smallest absolute Gasteiger partial charge is 0.304 e. The SMILES string of the molecule is CCN(CCC(=O)O)C(C)Cc1ccccc1F. The molecule has 0 radical (unpaired) electrons. The van der Waals surface area contributed by atoms with E-state index in [4.69, 9.17) is 5.11 Å². The Kier molecular flexibility index (Phi) is 5.78. The van der Waals surface area contributed by atoms with Gasteiger partial charge in [0, 0.05) is 12.6 Å². The Balaban J connectivity index is 2.59. The fourth-order valence-electron chi connectivity index (χ4n) is 2.04. The summed E-state index contributed by atoms with van der Waals surface area (Å²) in [5.74, 6) is -0.995. The van der Waals surface area contributed by atoms with E-state index in [9.17, 15) is 9.18 Å². The van der Waals surface area contributed by atoms with E-state index in [1.807, 2.05) is 19.9 Å². The summed E-state index contributed by atoms with van der Waals surface area (Å²) in [5.41, 5.74) is 0.679. The molecule has 0 aliphatic heterocycles. The lowest BCUT2D eigenvalue weighted by Crippen LogP contribution is -2.36. The van der Waals surface area contributed by atoms with Crippen LogP contribution < -0.4 is 0 Å². The molecule has 1 aromatic rings. The zero-order valence-electron chi connectivity index (χ0n) is 10.9. The predicted molar refractivity (Wildman–Crippen MR) is 69.1 cm³/mol. The molecule has 0 spiro atoms. The van der Waals surface area contributed by atoms with Crippen molar-refractivity contribution in [2.24, 2.45) is 0 Å². The minimum atomic E-state index is -0.799. The maximum Gasteiger partial charge on any atom is 0.304 e. The van der Waals surface area contributed by atoms with E-state index in [-0.39, 0.29) is 18.3 Å². The molecule has 0 heterocycles. The van der Waals surface area contributed by atoms with Gasteiger partial charge >= 0.3 is 5.97 Å². The van der Waals surface area contributed by atoms with Crippen LogP contribution >= 0.6 is 0 Å². The highest BCUT2D eigenvalue weighted by atomic mass is 19.1. The van der Waals surface area contributed by atoms with Gasteiger partial charge < -0.3 is 10.0 Å². The Morgan fingerprint density at radius 3 is 2.67 bits per heavy atom. The highest BCUT2D eigenvalue weighted by Gasteiger charge is 2.15. The minimum Gasteiger partial charge on any atom is -0.481 e. The zero-order valence-corrected chi connectivity index (χ0v) is 10.9. The first-order valence-corrected chi connectivity index (χ1v) is 6.23. The Bertz CT molecular complexity index is 395. The van der Waals surface area contributed by atoms with Crippen molar-refractivity contribution in [3.63, 3.8) is 0 Å². The molecule has 4 heteroatoms. The molecule has 0 saturated carbocycles. The summed E-state index contributed by atoms with van der Waals surface area (Å²) in [4.78, 5) is 12.6. The normalized spacial score (nSPS) is 12.7. The van der Waals surface area contributed by atoms with Crippen molar-refractivity contribution in [3.05, 3.63) is 35.6 Å². The molecule has 100 valence electrons. The molecular formula is C14H20FNO2. The molecule has 0 saturated heterocycles. The number of hydrogen-bond acceptors (Lipinski definition) is 2. The average molecular weight is 253 g/mol. The van der Waals surface area contributed by atoms with Crippen LogP contribution in [0.15, 0.2) is 24.3 Å². The van der Waals surface area contributed by atoms with E-state index in [0.717, 1.165) is 6.54 Å². The summed E-state index contributed by atoms with van der Waals surface area (Å²) in [5, 5.41) is 8.69. The molecule has 0 bridgehead atoms.